The smallest absolute Gasteiger partial charge is 0.231 e. The van der Waals surface area contributed by atoms with E-state index in [9.17, 15) is 0 Å². The van der Waals surface area contributed by atoms with E-state index in [0.29, 0.717) is 5.88 Å². The Labute approximate surface area is 113 Å². The summed E-state index contributed by atoms with van der Waals surface area (Å²) < 4.78 is 5.26. The zero-order valence-electron chi connectivity index (χ0n) is 11.2. The van der Waals surface area contributed by atoms with Crippen LogP contribution < -0.4 is 5.73 Å². The highest BCUT2D eigenvalue weighted by atomic mass is 16.5. The molecule has 2 N–H and O–H groups in total. The maximum atomic E-state index is 5.97. The molecule has 1 fully saturated rings. The van der Waals surface area contributed by atoms with Crippen LogP contribution in [0.1, 0.15) is 44.7 Å². The van der Waals surface area contributed by atoms with Crippen LogP contribution >= 0.6 is 0 Å². The number of nitrogens with zero attached hydrogens (tertiary/aromatic N) is 2. The minimum atomic E-state index is 0.0617. The molecule has 0 aromatic carbocycles. The molecule has 4 nitrogen and oxygen atoms in total. The third-order valence-electron chi connectivity index (χ3n) is 4.17. The Hall–Kier alpha value is -1.84. The lowest BCUT2D eigenvalue weighted by Crippen LogP contribution is -2.26. The van der Waals surface area contributed by atoms with Crippen molar-refractivity contribution in [2.45, 2.75) is 44.4 Å². The van der Waals surface area contributed by atoms with E-state index in [-0.39, 0.29) is 5.41 Å². The molecule has 19 heavy (non-hydrogen) atoms. The molecule has 2 aromatic rings. The first-order valence-corrected chi connectivity index (χ1v) is 6.88. The third-order valence-corrected chi connectivity index (χ3v) is 4.17. The van der Waals surface area contributed by atoms with E-state index in [2.05, 4.69) is 17.1 Å². The highest BCUT2D eigenvalue weighted by Gasteiger charge is 2.35. The highest BCUT2D eigenvalue weighted by molar-refractivity contribution is 5.73. The largest absolute Gasteiger partial charge is 0.367 e. The summed E-state index contributed by atoms with van der Waals surface area (Å²) in [5.74, 6) is 0.375. The van der Waals surface area contributed by atoms with Gasteiger partial charge in [0.2, 0.25) is 5.88 Å². The lowest BCUT2D eigenvalue weighted by molar-refractivity contribution is 0.295. The average molecular weight is 257 g/mol. The number of nitrogens with two attached hydrogens (primary N) is 1. The molecular weight excluding hydrogens is 238 g/mol. The number of hydrogen-bond acceptors (Lipinski definition) is 4. The van der Waals surface area contributed by atoms with Gasteiger partial charge in [0, 0.05) is 11.6 Å². The molecule has 0 aliphatic heterocycles. The third kappa shape index (κ3) is 2.11. The highest BCUT2D eigenvalue weighted by Crippen LogP contribution is 2.43. The van der Waals surface area contributed by atoms with Crippen LogP contribution in [0.25, 0.3) is 11.3 Å². The molecule has 4 heteroatoms. The van der Waals surface area contributed by atoms with E-state index in [0.717, 1.165) is 29.8 Å². The van der Waals surface area contributed by atoms with Crippen LogP contribution in [0.5, 0.6) is 0 Å². The van der Waals surface area contributed by atoms with Crippen LogP contribution in [0.4, 0.5) is 5.88 Å². The maximum absolute atomic E-state index is 5.97. The molecule has 1 aliphatic rings. The number of aromatic nitrogens is 2. The number of nitrogen functional groups attached to an aromatic ring is 1. The van der Waals surface area contributed by atoms with E-state index in [1.165, 1.54) is 19.3 Å². The van der Waals surface area contributed by atoms with Gasteiger partial charge in [-0.25, -0.2) is 0 Å². The van der Waals surface area contributed by atoms with E-state index in [4.69, 9.17) is 10.3 Å². The zero-order chi connectivity index (χ0) is 13.3. The summed E-state index contributed by atoms with van der Waals surface area (Å²) in [6.07, 6.45) is 7.84. The molecule has 0 spiro atoms. The summed E-state index contributed by atoms with van der Waals surface area (Å²) >= 11 is 0. The van der Waals surface area contributed by atoms with Crippen LogP contribution in [-0.2, 0) is 5.41 Å². The Morgan fingerprint density at radius 2 is 2.00 bits per heavy atom. The first-order valence-electron chi connectivity index (χ1n) is 6.88. The Bertz CT molecular complexity index is 556. The van der Waals surface area contributed by atoms with Gasteiger partial charge in [-0.2, -0.15) is 0 Å². The van der Waals surface area contributed by atoms with Crippen LogP contribution in [0, 0.1) is 0 Å². The molecular formula is C15H19N3O. The molecule has 0 unspecified atom stereocenters. The van der Waals surface area contributed by atoms with Crippen molar-refractivity contribution in [3.05, 3.63) is 30.1 Å². The van der Waals surface area contributed by atoms with Crippen molar-refractivity contribution in [3.8, 4) is 11.3 Å². The van der Waals surface area contributed by atoms with E-state index < -0.39 is 0 Å². The summed E-state index contributed by atoms with van der Waals surface area (Å²) in [7, 11) is 0. The number of pyridine rings is 1. The molecule has 100 valence electrons. The number of hydrogen-bond donors (Lipinski definition) is 1. The predicted molar refractivity (Wildman–Crippen MR) is 74.6 cm³/mol. The second-order valence-corrected chi connectivity index (χ2v) is 5.61. The summed E-state index contributed by atoms with van der Waals surface area (Å²) in [5.41, 5.74) is 8.74. The fraction of sp³-hybridized carbons (Fsp3) is 0.467. The summed E-state index contributed by atoms with van der Waals surface area (Å²) in [6.45, 7) is 2.26. The van der Waals surface area contributed by atoms with E-state index >= 15 is 0 Å². The zero-order valence-corrected chi connectivity index (χ0v) is 11.2. The Kier molecular flexibility index (Phi) is 3.01. The number of rotatable bonds is 2. The first-order chi connectivity index (χ1) is 9.21. The standard InChI is InChI=1S/C15H19N3O/c1-15(8-4-2-5-9-15)13-12(14(16)19-18-13)11-7-3-6-10-17-11/h3,6-7,10H,2,4-5,8-9,16H2,1H3. The van der Waals surface area contributed by atoms with Crippen molar-refractivity contribution >= 4 is 5.88 Å². The van der Waals surface area contributed by atoms with E-state index in [1.54, 1.807) is 6.20 Å². The predicted octanol–water partition coefficient (Wildman–Crippen LogP) is 3.54. The summed E-state index contributed by atoms with van der Waals surface area (Å²) in [4.78, 5) is 4.39. The maximum Gasteiger partial charge on any atom is 0.231 e. The van der Waals surface area contributed by atoms with Gasteiger partial charge in [0.1, 0.15) is 5.69 Å². The van der Waals surface area contributed by atoms with Gasteiger partial charge in [0.25, 0.3) is 0 Å². The topological polar surface area (TPSA) is 64.9 Å². The minimum absolute atomic E-state index is 0.0617. The summed E-state index contributed by atoms with van der Waals surface area (Å²) in [5, 5.41) is 4.25. The lowest BCUT2D eigenvalue weighted by Gasteiger charge is -2.32. The van der Waals surface area contributed by atoms with E-state index in [1.807, 2.05) is 18.2 Å². The van der Waals surface area contributed by atoms with Gasteiger partial charge in [-0.1, -0.05) is 37.4 Å². The second kappa shape index (κ2) is 4.68. The van der Waals surface area contributed by atoms with Crippen molar-refractivity contribution in [1.82, 2.24) is 10.1 Å². The average Bonchev–Trinajstić information content (AvgIpc) is 2.83. The monoisotopic (exact) mass is 257 g/mol. The Morgan fingerprint density at radius 3 is 2.68 bits per heavy atom. The molecule has 2 heterocycles. The van der Waals surface area contributed by atoms with Crippen LogP contribution in [0.3, 0.4) is 0 Å². The Morgan fingerprint density at radius 1 is 1.21 bits per heavy atom. The van der Waals surface area contributed by atoms with Crippen molar-refractivity contribution < 1.29 is 4.52 Å². The quantitative estimate of drug-likeness (QED) is 0.893. The molecule has 3 rings (SSSR count). The van der Waals surface area contributed by atoms with Gasteiger partial charge >= 0.3 is 0 Å². The van der Waals surface area contributed by atoms with Crippen LogP contribution in [-0.4, -0.2) is 10.1 Å². The summed E-state index contributed by atoms with van der Waals surface area (Å²) in [6, 6.07) is 5.82. The van der Waals surface area contributed by atoms with Crippen LogP contribution in [0.15, 0.2) is 28.9 Å². The van der Waals surface area contributed by atoms with Gasteiger partial charge in [-0.15, -0.1) is 0 Å². The molecule has 0 saturated heterocycles. The molecule has 1 aliphatic carbocycles. The van der Waals surface area contributed by atoms with Crippen molar-refractivity contribution in [1.29, 1.82) is 0 Å². The lowest BCUT2D eigenvalue weighted by atomic mass is 9.72. The fourth-order valence-electron chi connectivity index (χ4n) is 3.04. The van der Waals surface area contributed by atoms with Crippen molar-refractivity contribution in [2.75, 3.05) is 5.73 Å². The van der Waals surface area contributed by atoms with Crippen molar-refractivity contribution in [3.63, 3.8) is 0 Å². The second-order valence-electron chi connectivity index (χ2n) is 5.61. The van der Waals surface area contributed by atoms with Crippen LogP contribution in [0.2, 0.25) is 0 Å². The molecule has 0 bridgehead atoms. The van der Waals surface area contributed by atoms with Gasteiger partial charge in [0.05, 0.1) is 11.3 Å². The SMILES string of the molecule is CC1(c2noc(N)c2-c2ccccn2)CCCCC1. The van der Waals surface area contributed by atoms with Crippen molar-refractivity contribution in [2.24, 2.45) is 0 Å². The minimum Gasteiger partial charge on any atom is -0.367 e. The fourth-order valence-corrected chi connectivity index (χ4v) is 3.04. The van der Waals surface area contributed by atoms with Gasteiger partial charge < -0.3 is 10.3 Å². The normalized spacial score (nSPS) is 18.4. The van der Waals surface area contributed by atoms with Gasteiger partial charge in [-0.05, 0) is 25.0 Å². The molecule has 2 aromatic heterocycles. The van der Waals surface area contributed by atoms with Gasteiger partial charge in [-0.3, -0.25) is 4.98 Å². The Balaban J connectivity index is 2.08. The number of anilines is 1. The molecule has 1 saturated carbocycles. The van der Waals surface area contributed by atoms with Gasteiger partial charge in [0.15, 0.2) is 0 Å². The molecule has 0 atom stereocenters. The molecule has 0 radical (unpaired) electrons. The molecule has 0 amide bonds. The first kappa shape index (κ1) is 12.2.